The van der Waals surface area contributed by atoms with Crippen molar-refractivity contribution < 1.29 is 18.7 Å². The normalized spacial score (nSPS) is 11.3. The van der Waals surface area contributed by atoms with Crippen LogP contribution >= 0.6 is 0 Å². The van der Waals surface area contributed by atoms with Gasteiger partial charge in [0, 0.05) is 19.2 Å². The van der Waals surface area contributed by atoms with E-state index >= 15 is 0 Å². The largest absolute Gasteiger partial charge is 0.478 e. The van der Waals surface area contributed by atoms with Crippen molar-refractivity contribution >= 4 is 5.97 Å². The van der Waals surface area contributed by atoms with E-state index in [9.17, 15) is 13.6 Å². The zero-order chi connectivity index (χ0) is 12.8. The van der Waals surface area contributed by atoms with Crippen LogP contribution in [0.4, 0.5) is 8.78 Å². The lowest BCUT2D eigenvalue weighted by atomic mass is 10.2. The van der Waals surface area contributed by atoms with Gasteiger partial charge in [0.1, 0.15) is 0 Å². The molecule has 0 amide bonds. The lowest BCUT2D eigenvalue weighted by Gasteiger charge is -2.14. The van der Waals surface area contributed by atoms with Gasteiger partial charge in [-0.25, -0.2) is 13.6 Å². The van der Waals surface area contributed by atoms with Crippen LogP contribution in [0.1, 0.15) is 5.56 Å². The predicted molar refractivity (Wildman–Crippen MR) is 59.5 cm³/mol. The fraction of sp³-hybridized carbons (Fsp3) is 0.250. The Morgan fingerprint density at radius 3 is 2.71 bits per heavy atom. The van der Waals surface area contributed by atoms with Crippen LogP contribution in [0.15, 0.2) is 30.4 Å². The van der Waals surface area contributed by atoms with Crippen LogP contribution in [0.5, 0.6) is 0 Å². The first-order valence-electron chi connectivity index (χ1n) is 5.01. The number of hydrogen-bond donors (Lipinski definition) is 1. The molecule has 0 radical (unpaired) electrons. The van der Waals surface area contributed by atoms with Crippen LogP contribution < -0.4 is 0 Å². The van der Waals surface area contributed by atoms with Gasteiger partial charge >= 0.3 is 5.97 Å². The minimum Gasteiger partial charge on any atom is -0.478 e. The molecule has 3 nitrogen and oxygen atoms in total. The molecule has 0 atom stereocenters. The molecular formula is C12H13F2NO2. The Hall–Kier alpha value is -1.75. The van der Waals surface area contributed by atoms with Crippen LogP contribution in [0.2, 0.25) is 0 Å². The van der Waals surface area contributed by atoms with E-state index in [0.717, 1.165) is 18.2 Å². The van der Waals surface area contributed by atoms with Gasteiger partial charge in [0.2, 0.25) is 0 Å². The van der Waals surface area contributed by atoms with Crippen molar-refractivity contribution in [1.82, 2.24) is 4.90 Å². The van der Waals surface area contributed by atoms with Crippen LogP contribution in [0.25, 0.3) is 0 Å². The number of carboxylic acids is 1. The second-order valence-electron chi connectivity index (χ2n) is 3.69. The molecule has 0 saturated heterocycles. The highest BCUT2D eigenvalue weighted by Gasteiger charge is 2.04. The number of rotatable bonds is 5. The molecule has 1 aromatic rings. The number of benzene rings is 1. The number of likely N-dealkylation sites (N-methyl/N-ethyl adjacent to an activating group) is 1. The molecule has 0 saturated carbocycles. The summed E-state index contributed by atoms with van der Waals surface area (Å²) in [7, 11) is 1.76. The molecule has 0 aliphatic heterocycles. The molecule has 0 aromatic heterocycles. The summed E-state index contributed by atoms with van der Waals surface area (Å²) in [6.07, 6.45) is 2.53. The highest BCUT2D eigenvalue weighted by atomic mass is 19.2. The number of carboxylic acid groups (broad SMARTS) is 1. The summed E-state index contributed by atoms with van der Waals surface area (Å²) in [4.78, 5) is 12.0. The molecular weight excluding hydrogens is 228 g/mol. The van der Waals surface area contributed by atoms with Crippen LogP contribution in [-0.4, -0.2) is 29.6 Å². The molecule has 0 heterocycles. The second-order valence-corrected chi connectivity index (χ2v) is 3.69. The molecule has 17 heavy (non-hydrogen) atoms. The molecule has 0 spiro atoms. The zero-order valence-electron chi connectivity index (χ0n) is 9.36. The predicted octanol–water partition coefficient (Wildman–Crippen LogP) is 2.04. The maximum Gasteiger partial charge on any atom is 0.328 e. The molecule has 0 fully saturated rings. The summed E-state index contributed by atoms with van der Waals surface area (Å²) in [5, 5.41) is 8.39. The van der Waals surface area contributed by atoms with Crippen LogP contribution in [0, 0.1) is 11.6 Å². The number of carbonyl (C=O) groups is 1. The second kappa shape index (κ2) is 6.10. The molecule has 0 unspecified atom stereocenters. The van der Waals surface area contributed by atoms with E-state index in [0.29, 0.717) is 18.7 Å². The molecule has 0 aliphatic rings. The number of aliphatic carboxylic acids is 1. The molecule has 1 N–H and O–H groups in total. The fourth-order valence-electron chi connectivity index (χ4n) is 1.35. The van der Waals surface area contributed by atoms with Crippen LogP contribution in [-0.2, 0) is 11.3 Å². The van der Waals surface area contributed by atoms with Gasteiger partial charge in [-0.2, -0.15) is 0 Å². The Labute approximate surface area is 98.0 Å². The fourth-order valence-corrected chi connectivity index (χ4v) is 1.35. The number of halogens is 2. The molecule has 1 rings (SSSR count). The van der Waals surface area contributed by atoms with Gasteiger partial charge in [0.25, 0.3) is 0 Å². The van der Waals surface area contributed by atoms with Gasteiger partial charge in [0.05, 0.1) is 0 Å². The van der Waals surface area contributed by atoms with Gasteiger partial charge < -0.3 is 5.11 Å². The monoisotopic (exact) mass is 241 g/mol. The van der Waals surface area contributed by atoms with Crippen LogP contribution in [0.3, 0.4) is 0 Å². The minimum atomic E-state index is -1.01. The molecule has 0 bridgehead atoms. The van der Waals surface area contributed by atoms with Gasteiger partial charge in [0.15, 0.2) is 11.6 Å². The van der Waals surface area contributed by atoms with E-state index in [-0.39, 0.29) is 0 Å². The topological polar surface area (TPSA) is 40.5 Å². The number of nitrogens with zero attached hydrogens (tertiary/aromatic N) is 1. The zero-order valence-corrected chi connectivity index (χ0v) is 9.36. The van der Waals surface area contributed by atoms with Crippen molar-refractivity contribution in [3.63, 3.8) is 0 Å². The van der Waals surface area contributed by atoms with Crippen molar-refractivity contribution in [2.75, 3.05) is 13.6 Å². The van der Waals surface area contributed by atoms with E-state index in [1.807, 2.05) is 0 Å². The summed E-state index contributed by atoms with van der Waals surface area (Å²) in [5.41, 5.74) is 0.634. The number of hydrogen-bond acceptors (Lipinski definition) is 2. The highest BCUT2D eigenvalue weighted by Crippen LogP contribution is 2.10. The molecule has 1 aromatic carbocycles. The summed E-state index contributed by atoms with van der Waals surface area (Å²) < 4.78 is 25.6. The van der Waals surface area contributed by atoms with Crippen molar-refractivity contribution in [2.45, 2.75) is 6.54 Å². The molecule has 5 heteroatoms. The first-order valence-corrected chi connectivity index (χ1v) is 5.01. The van der Waals surface area contributed by atoms with Gasteiger partial charge in [-0.1, -0.05) is 12.1 Å². The Morgan fingerprint density at radius 1 is 1.41 bits per heavy atom. The standard InChI is InChI=1S/C12H13F2NO2/c1-15(6-2-3-12(16)17)8-9-4-5-10(13)11(14)7-9/h2-5,7H,6,8H2,1H3,(H,16,17)/b3-2+. The quantitative estimate of drug-likeness (QED) is 0.802. The van der Waals surface area contributed by atoms with Crippen molar-refractivity contribution in [3.05, 3.63) is 47.5 Å². The summed E-state index contributed by atoms with van der Waals surface area (Å²) in [5.74, 6) is -2.76. The first kappa shape index (κ1) is 13.3. The van der Waals surface area contributed by atoms with E-state index in [1.54, 1.807) is 11.9 Å². The summed E-state index contributed by atoms with van der Waals surface area (Å²) >= 11 is 0. The van der Waals surface area contributed by atoms with E-state index in [2.05, 4.69) is 0 Å². The third-order valence-corrected chi connectivity index (χ3v) is 2.11. The molecule has 92 valence electrons. The van der Waals surface area contributed by atoms with Crippen molar-refractivity contribution in [3.8, 4) is 0 Å². The minimum absolute atomic E-state index is 0.418. The van der Waals surface area contributed by atoms with Crippen molar-refractivity contribution in [2.24, 2.45) is 0 Å². The molecule has 0 aliphatic carbocycles. The van der Waals surface area contributed by atoms with E-state index in [4.69, 9.17) is 5.11 Å². The maximum atomic E-state index is 12.9. The third-order valence-electron chi connectivity index (χ3n) is 2.11. The van der Waals surface area contributed by atoms with Gasteiger partial charge in [-0.05, 0) is 24.7 Å². The maximum absolute atomic E-state index is 12.9. The first-order chi connectivity index (χ1) is 7.99. The lowest BCUT2D eigenvalue weighted by Crippen LogP contribution is -2.18. The smallest absolute Gasteiger partial charge is 0.328 e. The summed E-state index contributed by atoms with van der Waals surface area (Å²) in [6.45, 7) is 0.840. The lowest BCUT2D eigenvalue weighted by molar-refractivity contribution is -0.131. The Bertz CT molecular complexity index is 433. The summed E-state index contributed by atoms with van der Waals surface area (Å²) in [6, 6.07) is 3.70. The highest BCUT2D eigenvalue weighted by molar-refractivity contribution is 5.79. The third kappa shape index (κ3) is 4.74. The van der Waals surface area contributed by atoms with E-state index < -0.39 is 17.6 Å². The average Bonchev–Trinajstić information content (AvgIpc) is 2.23. The van der Waals surface area contributed by atoms with Gasteiger partial charge in [-0.15, -0.1) is 0 Å². The SMILES string of the molecule is CN(C/C=C/C(=O)O)Cc1ccc(F)c(F)c1. The van der Waals surface area contributed by atoms with Gasteiger partial charge in [-0.3, -0.25) is 4.90 Å². The Morgan fingerprint density at radius 2 is 2.12 bits per heavy atom. The van der Waals surface area contributed by atoms with E-state index in [1.165, 1.54) is 12.1 Å². The average molecular weight is 241 g/mol. The Balaban J connectivity index is 2.53. The Kier molecular flexibility index (Phi) is 4.78. The van der Waals surface area contributed by atoms with Crippen molar-refractivity contribution in [1.29, 1.82) is 0 Å².